The van der Waals surface area contributed by atoms with E-state index < -0.39 is 5.60 Å². The Morgan fingerprint density at radius 2 is 2.09 bits per heavy atom. The van der Waals surface area contributed by atoms with E-state index in [2.05, 4.69) is 9.74 Å². The van der Waals surface area contributed by atoms with Crippen LogP contribution in [0.5, 0.6) is 0 Å². The van der Waals surface area contributed by atoms with Crippen LogP contribution in [0.15, 0.2) is 0 Å². The third-order valence-corrected chi connectivity index (χ3v) is 2.27. The normalized spacial score (nSPS) is 25.4. The van der Waals surface area contributed by atoms with E-state index in [1.807, 2.05) is 7.05 Å². The van der Waals surface area contributed by atoms with Gasteiger partial charge in [-0.05, 0) is 19.9 Å². The fourth-order valence-corrected chi connectivity index (χ4v) is 1.33. The van der Waals surface area contributed by atoms with E-state index in [4.69, 9.17) is 5.90 Å². The minimum absolute atomic E-state index is 0.251. The molecule has 3 N–H and O–H groups in total. The number of nitrogens with two attached hydrogens (primary N) is 1. The smallest absolute Gasteiger partial charge is 0.0967 e. The average Bonchev–Trinajstić information content (AvgIpc) is 1.97. The fourth-order valence-electron chi connectivity index (χ4n) is 1.33. The molecule has 1 aliphatic heterocycles. The summed E-state index contributed by atoms with van der Waals surface area (Å²) in [6, 6.07) is 0. The Balaban J connectivity index is 2.35. The third kappa shape index (κ3) is 2.41. The lowest BCUT2D eigenvalue weighted by molar-refractivity contribution is -0.0795. The van der Waals surface area contributed by atoms with Gasteiger partial charge in [-0.25, -0.2) is 5.90 Å². The molecule has 0 unspecified atom stereocenters. The van der Waals surface area contributed by atoms with Gasteiger partial charge in [0, 0.05) is 13.1 Å². The summed E-state index contributed by atoms with van der Waals surface area (Å²) in [4.78, 5) is 6.64. The van der Waals surface area contributed by atoms with Crippen molar-refractivity contribution in [2.24, 2.45) is 5.90 Å². The minimum atomic E-state index is -0.679. The second-order valence-electron chi connectivity index (χ2n) is 3.34. The van der Waals surface area contributed by atoms with E-state index in [9.17, 15) is 5.11 Å². The SMILES string of the molecule is CN1CCC(O)(CON)CC1. The number of rotatable bonds is 2. The zero-order chi connectivity index (χ0) is 8.32. The maximum absolute atomic E-state index is 9.76. The van der Waals surface area contributed by atoms with Crippen LogP contribution in [0.4, 0.5) is 0 Å². The van der Waals surface area contributed by atoms with Gasteiger partial charge >= 0.3 is 0 Å². The molecule has 0 aromatic heterocycles. The summed E-state index contributed by atoms with van der Waals surface area (Å²) in [7, 11) is 2.04. The molecule has 4 heteroatoms. The minimum Gasteiger partial charge on any atom is -0.387 e. The number of likely N-dealkylation sites (tertiary alicyclic amines) is 1. The highest BCUT2D eigenvalue weighted by Gasteiger charge is 2.31. The summed E-state index contributed by atoms with van der Waals surface area (Å²) in [5, 5.41) is 9.76. The zero-order valence-corrected chi connectivity index (χ0v) is 6.92. The van der Waals surface area contributed by atoms with Crippen LogP contribution in [0.3, 0.4) is 0 Å². The van der Waals surface area contributed by atoms with E-state index >= 15 is 0 Å². The molecule has 0 spiro atoms. The van der Waals surface area contributed by atoms with Gasteiger partial charge in [0.2, 0.25) is 0 Å². The molecule has 0 bridgehead atoms. The Bertz CT molecular complexity index is 122. The van der Waals surface area contributed by atoms with Crippen molar-refractivity contribution in [2.75, 3.05) is 26.7 Å². The summed E-state index contributed by atoms with van der Waals surface area (Å²) in [6.07, 6.45) is 1.50. The quantitative estimate of drug-likeness (QED) is 0.526. The highest BCUT2D eigenvalue weighted by molar-refractivity contribution is 4.84. The van der Waals surface area contributed by atoms with Crippen LogP contribution in [-0.4, -0.2) is 42.4 Å². The molecule has 1 aliphatic rings. The topological polar surface area (TPSA) is 58.7 Å². The van der Waals surface area contributed by atoms with Gasteiger partial charge in [0.1, 0.15) is 0 Å². The van der Waals surface area contributed by atoms with Crippen molar-refractivity contribution in [1.29, 1.82) is 0 Å². The standard InChI is InChI=1S/C7H16N2O2/c1-9-4-2-7(10,3-5-9)6-11-8/h10H,2-6,8H2,1H3. The van der Waals surface area contributed by atoms with Crippen molar-refractivity contribution in [2.45, 2.75) is 18.4 Å². The Kier molecular flexibility index (Phi) is 2.84. The van der Waals surface area contributed by atoms with E-state index in [1.54, 1.807) is 0 Å². The van der Waals surface area contributed by atoms with Gasteiger partial charge in [-0.2, -0.15) is 0 Å². The van der Waals surface area contributed by atoms with Crippen LogP contribution in [0, 0.1) is 0 Å². The second kappa shape index (κ2) is 3.49. The van der Waals surface area contributed by atoms with E-state index in [1.165, 1.54) is 0 Å². The number of piperidine rings is 1. The largest absolute Gasteiger partial charge is 0.387 e. The second-order valence-corrected chi connectivity index (χ2v) is 3.34. The lowest BCUT2D eigenvalue weighted by atomic mass is 9.93. The Morgan fingerprint density at radius 3 is 2.55 bits per heavy atom. The first kappa shape index (κ1) is 8.93. The lowest BCUT2D eigenvalue weighted by Gasteiger charge is -2.35. The van der Waals surface area contributed by atoms with Crippen molar-refractivity contribution in [3.63, 3.8) is 0 Å². The first-order valence-electron chi connectivity index (χ1n) is 3.89. The number of aliphatic hydroxyl groups is 1. The molecule has 1 fully saturated rings. The first-order chi connectivity index (χ1) is 5.16. The van der Waals surface area contributed by atoms with Gasteiger partial charge in [-0.3, -0.25) is 0 Å². The molecule has 0 saturated carbocycles. The van der Waals surface area contributed by atoms with Crippen molar-refractivity contribution in [3.8, 4) is 0 Å². The van der Waals surface area contributed by atoms with E-state index in [0.717, 1.165) is 25.9 Å². The number of hydrogen-bond acceptors (Lipinski definition) is 4. The van der Waals surface area contributed by atoms with Crippen molar-refractivity contribution >= 4 is 0 Å². The van der Waals surface area contributed by atoms with Crippen LogP contribution in [0.25, 0.3) is 0 Å². The molecule has 0 aromatic carbocycles. The van der Waals surface area contributed by atoms with Crippen LogP contribution in [0.2, 0.25) is 0 Å². The molecule has 1 heterocycles. The van der Waals surface area contributed by atoms with Crippen LogP contribution in [-0.2, 0) is 4.84 Å². The van der Waals surface area contributed by atoms with Crippen molar-refractivity contribution < 1.29 is 9.94 Å². The van der Waals surface area contributed by atoms with Crippen LogP contribution in [0.1, 0.15) is 12.8 Å². The number of hydrogen-bond donors (Lipinski definition) is 2. The number of nitrogens with zero attached hydrogens (tertiary/aromatic N) is 1. The lowest BCUT2D eigenvalue weighted by Crippen LogP contribution is -2.46. The predicted molar refractivity (Wildman–Crippen MR) is 41.8 cm³/mol. The maximum Gasteiger partial charge on any atom is 0.0967 e. The molecule has 0 radical (unpaired) electrons. The predicted octanol–water partition coefficient (Wildman–Crippen LogP) is -0.667. The van der Waals surface area contributed by atoms with Gasteiger partial charge in [0.05, 0.1) is 12.2 Å². The molecular formula is C7H16N2O2. The van der Waals surface area contributed by atoms with Gasteiger partial charge in [-0.15, -0.1) is 0 Å². The molecule has 0 atom stereocenters. The third-order valence-electron chi connectivity index (χ3n) is 2.27. The van der Waals surface area contributed by atoms with Crippen LogP contribution >= 0.6 is 0 Å². The van der Waals surface area contributed by atoms with E-state index in [-0.39, 0.29) is 6.61 Å². The van der Waals surface area contributed by atoms with Gasteiger partial charge in [0.25, 0.3) is 0 Å². The Hall–Kier alpha value is -0.160. The summed E-state index contributed by atoms with van der Waals surface area (Å²) in [5.41, 5.74) is -0.679. The highest BCUT2D eigenvalue weighted by atomic mass is 16.6. The van der Waals surface area contributed by atoms with Gasteiger partial charge in [0.15, 0.2) is 0 Å². The van der Waals surface area contributed by atoms with Crippen LogP contribution < -0.4 is 5.90 Å². The molecule has 1 saturated heterocycles. The molecule has 11 heavy (non-hydrogen) atoms. The van der Waals surface area contributed by atoms with Crippen molar-refractivity contribution in [3.05, 3.63) is 0 Å². The maximum atomic E-state index is 9.76. The summed E-state index contributed by atoms with van der Waals surface area (Å²) >= 11 is 0. The molecule has 0 aliphatic carbocycles. The summed E-state index contributed by atoms with van der Waals surface area (Å²) in [6.45, 7) is 2.08. The first-order valence-corrected chi connectivity index (χ1v) is 3.89. The Labute approximate surface area is 66.9 Å². The molecule has 0 aromatic rings. The van der Waals surface area contributed by atoms with Crippen molar-refractivity contribution in [1.82, 2.24) is 4.90 Å². The summed E-state index contributed by atoms with van der Waals surface area (Å²) < 4.78 is 0. The molecule has 4 nitrogen and oxygen atoms in total. The van der Waals surface area contributed by atoms with Gasteiger partial charge < -0.3 is 14.8 Å². The molecule has 66 valence electrons. The van der Waals surface area contributed by atoms with Gasteiger partial charge in [-0.1, -0.05) is 0 Å². The zero-order valence-electron chi connectivity index (χ0n) is 6.92. The Morgan fingerprint density at radius 1 is 1.55 bits per heavy atom. The fraction of sp³-hybridized carbons (Fsp3) is 1.00. The molecular weight excluding hydrogens is 144 g/mol. The summed E-state index contributed by atoms with van der Waals surface area (Å²) in [5.74, 6) is 4.91. The highest BCUT2D eigenvalue weighted by Crippen LogP contribution is 2.20. The molecule has 0 amide bonds. The molecule has 1 rings (SSSR count). The van der Waals surface area contributed by atoms with E-state index in [0.29, 0.717) is 0 Å². The monoisotopic (exact) mass is 160 g/mol. The average molecular weight is 160 g/mol.